The van der Waals surface area contributed by atoms with Crippen LogP contribution in [0.2, 0.25) is 0 Å². The third-order valence-electron chi connectivity index (χ3n) is 5.37. The number of hydrogen-bond donors (Lipinski definition) is 1. The van der Waals surface area contributed by atoms with Gasteiger partial charge in [-0.05, 0) is 62.2 Å². The molecule has 1 unspecified atom stereocenters. The fourth-order valence-corrected chi connectivity index (χ4v) is 4.55. The van der Waals surface area contributed by atoms with E-state index in [0.717, 1.165) is 22.4 Å². The van der Waals surface area contributed by atoms with Crippen LogP contribution in [0.15, 0.2) is 76.7 Å². The number of amides is 1. The van der Waals surface area contributed by atoms with Gasteiger partial charge < -0.3 is 5.32 Å². The van der Waals surface area contributed by atoms with Crippen LogP contribution in [0.1, 0.15) is 23.6 Å². The second-order valence-electron chi connectivity index (χ2n) is 7.95. The van der Waals surface area contributed by atoms with Gasteiger partial charge in [-0.1, -0.05) is 53.7 Å². The lowest BCUT2D eigenvalue weighted by Crippen LogP contribution is -2.31. The molecule has 0 radical (unpaired) electrons. The van der Waals surface area contributed by atoms with Crippen molar-refractivity contribution in [1.82, 2.24) is 14.9 Å². The molecule has 5 nitrogen and oxygen atoms in total. The van der Waals surface area contributed by atoms with Crippen molar-refractivity contribution in [2.24, 2.45) is 0 Å². The first kappa shape index (κ1) is 22.7. The van der Waals surface area contributed by atoms with Crippen molar-refractivity contribution in [2.75, 3.05) is 0 Å². The Bertz CT molecular complexity index is 1380. The Labute approximate surface area is 195 Å². The van der Waals surface area contributed by atoms with Crippen molar-refractivity contribution in [2.45, 2.75) is 37.7 Å². The number of rotatable bonds is 6. The summed E-state index contributed by atoms with van der Waals surface area (Å²) in [5.74, 6) is -0.514. The maximum absolute atomic E-state index is 13.5. The van der Waals surface area contributed by atoms with Gasteiger partial charge in [0.15, 0.2) is 5.16 Å². The van der Waals surface area contributed by atoms with Gasteiger partial charge in [0.2, 0.25) is 5.91 Å². The van der Waals surface area contributed by atoms with Crippen molar-refractivity contribution >= 4 is 28.6 Å². The third kappa shape index (κ3) is 4.98. The molecule has 7 heteroatoms. The minimum atomic E-state index is -0.504. The molecular weight excluding hydrogens is 437 g/mol. The van der Waals surface area contributed by atoms with Gasteiger partial charge in [0.05, 0.1) is 21.8 Å². The van der Waals surface area contributed by atoms with E-state index in [2.05, 4.69) is 5.32 Å². The first-order valence-electron chi connectivity index (χ1n) is 10.6. The number of hydrogen-bond acceptors (Lipinski definition) is 4. The number of aryl methyl sites for hydroxylation is 2. The molecule has 0 fully saturated rings. The maximum atomic E-state index is 13.5. The summed E-state index contributed by atoms with van der Waals surface area (Å²) < 4.78 is 14.7. The summed E-state index contributed by atoms with van der Waals surface area (Å²) in [6.07, 6.45) is 0. The van der Waals surface area contributed by atoms with Crippen LogP contribution in [0.25, 0.3) is 16.6 Å². The van der Waals surface area contributed by atoms with E-state index in [1.54, 1.807) is 35.8 Å². The molecule has 0 aliphatic heterocycles. The van der Waals surface area contributed by atoms with Crippen LogP contribution in [-0.4, -0.2) is 20.7 Å². The van der Waals surface area contributed by atoms with Gasteiger partial charge in [-0.15, -0.1) is 0 Å². The van der Waals surface area contributed by atoms with Crippen LogP contribution in [0, 0.1) is 19.7 Å². The zero-order chi connectivity index (χ0) is 23.5. The lowest BCUT2D eigenvalue weighted by atomic mass is 10.1. The standard InChI is InChI=1S/C26H24FN3O2S/c1-16-8-13-23(17(2)14-16)30-25(32)21-6-4-5-7-22(21)29-26(30)33-18(3)24(31)28-15-19-9-11-20(27)12-10-19/h4-14,18H,15H2,1-3H3,(H,28,31). The van der Waals surface area contributed by atoms with Gasteiger partial charge in [-0.2, -0.15) is 0 Å². The summed E-state index contributed by atoms with van der Waals surface area (Å²) in [4.78, 5) is 31.0. The second-order valence-corrected chi connectivity index (χ2v) is 9.25. The third-order valence-corrected chi connectivity index (χ3v) is 6.42. The van der Waals surface area contributed by atoms with Gasteiger partial charge >= 0.3 is 0 Å². The van der Waals surface area contributed by atoms with Crippen LogP contribution in [0.5, 0.6) is 0 Å². The highest BCUT2D eigenvalue weighted by molar-refractivity contribution is 8.00. The Morgan fingerprint density at radius 1 is 1.09 bits per heavy atom. The quantitative estimate of drug-likeness (QED) is 0.326. The van der Waals surface area contributed by atoms with E-state index in [1.807, 2.05) is 44.2 Å². The Kier molecular flexibility index (Phi) is 6.60. The van der Waals surface area contributed by atoms with Crippen LogP contribution < -0.4 is 10.9 Å². The van der Waals surface area contributed by atoms with Gasteiger partial charge in [0.25, 0.3) is 5.56 Å². The summed E-state index contributed by atoms with van der Waals surface area (Å²) in [7, 11) is 0. The summed E-state index contributed by atoms with van der Waals surface area (Å²) in [6.45, 7) is 6.02. The number of carbonyl (C=O) groups excluding carboxylic acids is 1. The topological polar surface area (TPSA) is 64.0 Å². The average molecular weight is 462 g/mol. The van der Waals surface area contributed by atoms with E-state index in [1.165, 1.54) is 23.9 Å². The number of halogens is 1. The largest absolute Gasteiger partial charge is 0.351 e. The molecule has 33 heavy (non-hydrogen) atoms. The molecule has 4 rings (SSSR count). The number of benzene rings is 3. The highest BCUT2D eigenvalue weighted by Crippen LogP contribution is 2.27. The lowest BCUT2D eigenvalue weighted by Gasteiger charge is -2.18. The highest BCUT2D eigenvalue weighted by atomic mass is 32.2. The van der Waals surface area contributed by atoms with Gasteiger partial charge in [0.1, 0.15) is 5.82 Å². The molecule has 1 atom stereocenters. The molecule has 1 heterocycles. The van der Waals surface area contributed by atoms with Crippen molar-refractivity contribution < 1.29 is 9.18 Å². The molecule has 0 saturated carbocycles. The van der Waals surface area contributed by atoms with Crippen LogP contribution in [0.3, 0.4) is 0 Å². The summed E-state index contributed by atoms with van der Waals surface area (Å²) in [5, 5.41) is 3.34. The molecule has 1 aromatic heterocycles. The minimum absolute atomic E-state index is 0.172. The molecular formula is C26H24FN3O2S. The molecule has 3 aromatic carbocycles. The fraction of sp³-hybridized carbons (Fsp3) is 0.192. The van der Waals surface area contributed by atoms with E-state index in [4.69, 9.17) is 4.98 Å². The van der Waals surface area contributed by atoms with E-state index in [0.29, 0.717) is 22.6 Å². The summed E-state index contributed by atoms with van der Waals surface area (Å²) in [5.41, 5.74) is 4.01. The van der Waals surface area contributed by atoms with E-state index in [-0.39, 0.29) is 17.3 Å². The normalized spacial score (nSPS) is 12.0. The SMILES string of the molecule is Cc1ccc(-n2c(SC(C)C(=O)NCc3ccc(F)cc3)nc3ccccc3c2=O)c(C)c1. The Morgan fingerprint density at radius 2 is 1.82 bits per heavy atom. The molecule has 0 aliphatic carbocycles. The molecule has 1 N–H and O–H groups in total. The number of nitrogens with one attached hydrogen (secondary N) is 1. The van der Waals surface area contributed by atoms with Crippen LogP contribution in [0.4, 0.5) is 4.39 Å². The Hall–Kier alpha value is -3.45. The number of para-hydroxylation sites is 1. The monoisotopic (exact) mass is 461 g/mol. The Morgan fingerprint density at radius 3 is 2.55 bits per heavy atom. The van der Waals surface area contributed by atoms with Crippen LogP contribution >= 0.6 is 11.8 Å². The van der Waals surface area contributed by atoms with E-state index >= 15 is 0 Å². The molecule has 0 aliphatic rings. The molecule has 0 spiro atoms. The van der Waals surface area contributed by atoms with Gasteiger partial charge in [-0.25, -0.2) is 9.37 Å². The fourth-order valence-electron chi connectivity index (χ4n) is 3.61. The number of aromatic nitrogens is 2. The molecule has 1 amide bonds. The highest BCUT2D eigenvalue weighted by Gasteiger charge is 2.21. The number of fused-ring (bicyclic) bond motifs is 1. The summed E-state index contributed by atoms with van der Waals surface area (Å²) >= 11 is 1.23. The first-order valence-corrected chi connectivity index (χ1v) is 11.5. The zero-order valence-corrected chi connectivity index (χ0v) is 19.4. The number of nitrogens with zero attached hydrogens (tertiary/aromatic N) is 2. The molecule has 0 bridgehead atoms. The molecule has 4 aromatic rings. The average Bonchev–Trinajstić information content (AvgIpc) is 2.79. The van der Waals surface area contributed by atoms with Crippen molar-refractivity contribution in [3.05, 3.63) is 99.6 Å². The lowest BCUT2D eigenvalue weighted by molar-refractivity contribution is -0.120. The summed E-state index contributed by atoms with van der Waals surface area (Å²) in [6, 6.07) is 19.1. The number of carbonyl (C=O) groups is 1. The smallest absolute Gasteiger partial charge is 0.266 e. The van der Waals surface area contributed by atoms with Gasteiger partial charge in [-0.3, -0.25) is 14.2 Å². The van der Waals surface area contributed by atoms with Crippen molar-refractivity contribution in [3.8, 4) is 5.69 Å². The molecule has 168 valence electrons. The maximum Gasteiger partial charge on any atom is 0.266 e. The Balaban J connectivity index is 1.66. The first-order chi connectivity index (χ1) is 15.8. The van der Waals surface area contributed by atoms with E-state index < -0.39 is 5.25 Å². The minimum Gasteiger partial charge on any atom is -0.351 e. The molecule has 0 saturated heterocycles. The van der Waals surface area contributed by atoms with E-state index in [9.17, 15) is 14.0 Å². The van der Waals surface area contributed by atoms with Crippen LogP contribution in [-0.2, 0) is 11.3 Å². The van der Waals surface area contributed by atoms with Crippen molar-refractivity contribution in [3.63, 3.8) is 0 Å². The number of thioether (sulfide) groups is 1. The van der Waals surface area contributed by atoms with Crippen molar-refractivity contribution in [1.29, 1.82) is 0 Å². The predicted octanol–water partition coefficient (Wildman–Crippen LogP) is 4.94. The zero-order valence-electron chi connectivity index (χ0n) is 18.6. The van der Waals surface area contributed by atoms with Gasteiger partial charge in [0, 0.05) is 6.54 Å². The predicted molar refractivity (Wildman–Crippen MR) is 130 cm³/mol. The second kappa shape index (κ2) is 9.58.